The first-order chi connectivity index (χ1) is 17.3. The number of para-hydroxylation sites is 1. The second-order valence-corrected chi connectivity index (χ2v) is 9.41. The van der Waals surface area contributed by atoms with Crippen LogP contribution >= 0.6 is 0 Å². The van der Waals surface area contributed by atoms with Crippen LogP contribution in [0.25, 0.3) is 23.0 Å². The Kier molecular flexibility index (Phi) is 4.59. The van der Waals surface area contributed by atoms with Crippen molar-refractivity contribution >= 4 is 17.7 Å². The summed E-state index contributed by atoms with van der Waals surface area (Å²) in [6, 6.07) is 24.2. The van der Waals surface area contributed by atoms with E-state index in [9.17, 15) is 4.79 Å². The highest BCUT2D eigenvalue weighted by molar-refractivity contribution is 6.00. The van der Waals surface area contributed by atoms with Gasteiger partial charge in [0, 0.05) is 30.5 Å². The van der Waals surface area contributed by atoms with Crippen molar-refractivity contribution in [3.8, 4) is 16.9 Å². The van der Waals surface area contributed by atoms with Gasteiger partial charge in [0.2, 0.25) is 0 Å². The van der Waals surface area contributed by atoms with Crippen LogP contribution in [0.4, 0.5) is 5.69 Å². The van der Waals surface area contributed by atoms with Gasteiger partial charge in [-0.1, -0.05) is 53.7 Å². The van der Waals surface area contributed by atoms with Gasteiger partial charge in [-0.05, 0) is 60.7 Å². The molecule has 0 N–H and O–H groups in total. The van der Waals surface area contributed by atoms with E-state index in [0.717, 1.165) is 46.9 Å². The van der Waals surface area contributed by atoms with Crippen molar-refractivity contribution in [2.45, 2.75) is 25.3 Å². The van der Waals surface area contributed by atoms with Gasteiger partial charge in [0.15, 0.2) is 0 Å². The van der Waals surface area contributed by atoms with Crippen LogP contribution in [-0.2, 0) is 0 Å². The van der Waals surface area contributed by atoms with Crippen LogP contribution in [0.5, 0.6) is 0 Å². The Balaban J connectivity index is 1.48. The number of carbonyl (C=O) groups excluding carboxylic acids is 1. The van der Waals surface area contributed by atoms with Crippen LogP contribution < -0.4 is 4.90 Å². The number of benzene rings is 3. The Bertz CT molecular complexity index is 1470. The van der Waals surface area contributed by atoms with Gasteiger partial charge in [-0.25, -0.2) is 4.68 Å². The highest BCUT2D eigenvalue weighted by Crippen LogP contribution is 2.44. The summed E-state index contributed by atoms with van der Waals surface area (Å²) in [7, 11) is 0. The zero-order chi connectivity index (χ0) is 23.4. The Hall–Kier alpha value is -4.19. The highest BCUT2D eigenvalue weighted by atomic mass is 16.2. The van der Waals surface area contributed by atoms with E-state index in [1.807, 2.05) is 64.3 Å². The summed E-state index contributed by atoms with van der Waals surface area (Å²) in [6.45, 7) is 2.14. The minimum absolute atomic E-state index is 0.0274. The molecule has 6 heteroatoms. The molecule has 6 nitrogen and oxygen atoms in total. The molecule has 1 fully saturated rings. The van der Waals surface area contributed by atoms with E-state index in [1.54, 1.807) is 0 Å². The van der Waals surface area contributed by atoms with E-state index in [0.29, 0.717) is 5.56 Å². The van der Waals surface area contributed by atoms with Crippen LogP contribution in [0.15, 0.2) is 79.0 Å². The molecule has 7 rings (SSSR count). The third kappa shape index (κ3) is 3.13. The molecule has 1 aromatic heterocycles. The lowest BCUT2D eigenvalue weighted by molar-refractivity contribution is 0.0790. The van der Waals surface area contributed by atoms with Gasteiger partial charge < -0.3 is 9.80 Å². The van der Waals surface area contributed by atoms with E-state index in [1.165, 1.54) is 24.9 Å². The zero-order valence-electron chi connectivity index (χ0n) is 19.3. The second-order valence-electron chi connectivity index (χ2n) is 9.41. The van der Waals surface area contributed by atoms with E-state index < -0.39 is 0 Å². The number of anilines is 1. The van der Waals surface area contributed by atoms with Crippen molar-refractivity contribution in [2.75, 3.05) is 18.0 Å². The molecule has 3 aromatic carbocycles. The lowest BCUT2D eigenvalue weighted by Crippen LogP contribution is -2.33. The first-order valence-corrected chi connectivity index (χ1v) is 12.3. The van der Waals surface area contributed by atoms with E-state index >= 15 is 0 Å². The standard InChI is InChI=1S/C29H25N5O/c35-29-23-11-5-6-12-25(23)34-28(26(30-31-34)21-9-3-1-4-10-21)27-24-19-22(32-16-7-2-8-17-32)14-13-20(24)15-18-33(27)29/h1,3-6,9-15,18-19,27H,2,7-8,16-17H2. The molecule has 3 aliphatic heterocycles. The monoisotopic (exact) mass is 459 g/mol. The van der Waals surface area contributed by atoms with Crippen molar-refractivity contribution in [3.05, 3.63) is 101 Å². The maximum absolute atomic E-state index is 13.9. The molecule has 1 amide bonds. The predicted molar refractivity (Wildman–Crippen MR) is 136 cm³/mol. The molecule has 3 aliphatic rings. The maximum atomic E-state index is 13.9. The lowest BCUT2D eigenvalue weighted by Gasteiger charge is -2.34. The van der Waals surface area contributed by atoms with Crippen molar-refractivity contribution in [1.29, 1.82) is 0 Å². The third-order valence-electron chi connectivity index (χ3n) is 7.39. The number of rotatable bonds is 2. The van der Waals surface area contributed by atoms with E-state index in [4.69, 9.17) is 0 Å². The van der Waals surface area contributed by atoms with E-state index in [2.05, 4.69) is 45.5 Å². The largest absolute Gasteiger partial charge is 0.372 e. The molecule has 1 atom stereocenters. The number of nitrogens with zero attached hydrogens (tertiary/aromatic N) is 5. The number of hydrogen-bond acceptors (Lipinski definition) is 4. The van der Waals surface area contributed by atoms with Crippen LogP contribution in [0.2, 0.25) is 0 Å². The smallest absolute Gasteiger partial charge is 0.260 e. The Labute approximate surface area is 204 Å². The Morgan fingerprint density at radius 2 is 1.66 bits per heavy atom. The summed E-state index contributed by atoms with van der Waals surface area (Å²) in [4.78, 5) is 18.2. The van der Waals surface area contributed by atoms with Gasteiger partial charge in [0.25, 0.3) is 5.91 Å². The van der Waals surface area contributed by atoms with Gasteiger partial charge in [-0.2, -0.15) is 0 Å². The molecule has 1 unspecified atom stereocenters. The molecule has 0 saturated carbocycles. The number of fused-ring (bicyclic) bond motifs is 7. The summed E-state index contributed by atoms with van der Waals surface area (Å²) in [6.07, 6.45) is 7.70. The number of piperidine rings is 1. The molecule has 0 spiro atoms. The molecule has 4 aromatic rings. The average molecular weight is 460 g/mol. The van der Waals surface area contributed by atoms with Gasteiger partial charge in [0.1, 0.15) is 17.4 Å². The summed E-state index contributed by atoms with van der Waals surface area (Å²) < 4.78 is 1.87. The molecule has 35 heavy (non-hydrogen) atoms. The van der Waals surface area contributed by atoms with Crippen LogP contribution in [0.3, 0.4) is 0 Å². The van der Waals surface area contributed by atoms with E-state index in [-0.39, 0.29) is 11.9 Å². The van der Waals surface area contributed by atoms with Crippen molar-refractivity contribution < 1.29 is 4.79 Å². The summed E-state index contributed by atoms with van der Waals surface area (Å²) in [5.41, 5.74) is 7.54. The number of amides is 1. The second kappa shape index (κ2) is 7.94. The van der Waals surface area contributed by atoms with Gasteiger partial charge in [-0.15, -0.1) is 5.10 Å². The minimum atomic E-state index is -0.329. The molecule has 0 bridgehead atoms. The van der Waals surface area contributed by atoms with Gasteiger partial charge >= 0.3 is 0 Å². The fourth-order valence-corrected chi connectivity index (χ4v) is 5.65. The van der Waals surface area contributed by atoms with Gasteiger partial charge in [-0.3, -0.25) is 4.79 Å². The summed E-state index contributed by atoms with van der Waals surface area (Å²) in [5, 5.41) is 9.25. The third-order valence-corrected chi connectivity index (χ3v) is 7.39. The number of hydrogen-bond donors (Lipinski definition) is 0. The van der Waals surface area contributed by atoms with Crippen molar-refractivity contribution in [1.82, 2.24) is 19.9 Å². The fraction of sp³-hybridized carbons (Fsp3) is 0.207. The molecule has 0 radical (unpaired) electrons. The Morgan fingerprint density at radius 1 is 0.857 bits per heavy atom. The van der Waals surface area contributed by atoms with Crippen LogP contribution in [0.1, 0.15) is 52.5 Å². The highest BCUT2D eigenvalue weighted by Gasteiger charge is 2.39. The number of carbonyl (C=O) groups is 1. The zero-order valence-corrected chi connectivity index (χ0v) is 19.3. The summed E-state index contributed by atoms with van der Waals surface area (Å²) in [5.74, 6) is -0.0274. The molecular formula is C29H25N5O. The first kappa shape index (κ1) is 20.2. The molecule has 1 saturated heterocycles. The quantitative estimate of drug-likeness (QED) is 0.400. The van der Waals surface area contributed by atoms with Gasteiger partial charge in [0.05, 0.1) is 11.3 Å². The molecule has 4 heterocycles. The van der Waals surface area contributed by atoms with Crippen molar-refractivity contribution in [2.24, 2.45) is 0 Å². The first-order valence-electron chi connectivity index (χ1n) is 12.3. The molecular weight excluding hydrogens is 434 g/mol. The lowest BCUT2D eigenvalue weighted by atomic mass is 9.90. The van der Waals surface area contributed by atoms with Crippen LogP contribution in [0, 0.1) is 0 Å². The summed E-state index contributed by atoms with van der Waals surface area (Å²) >= 11 is 0. The minimum Gasteiger partial charge on any atom is -0.372 e. The Morgan fingerprint density at radius 3 is 2.51 bits per heavy atom. The molecule has 172 valence electrons. The van der Waals surface area contributed by atoms with Crippen LogP contribution in [-0.4, -0.2) is 38.9 Å². The predicted octanol–water partition coefficient (Wildman–Crippen LogP) is 5.45. The molecule has 0 aliphatic carbocycles. The fourth-order valence-electron chi connectivity index (χ4n) is 5.65. The topological polar surface area (TPSA) is 54.3 Å². The number of aromatic nitrogens is 3. The average Bonchev–Trinajstić information content (AvgIpc) is 3.33. The normalized spacial score (nSPS) is 18.4. The SMILES string of the molecule is O=C1c2ccccc2-n2nnc(-c3ccccc3)c2C2c3cc(N4CCCCC4)ccc3C=CN12. The maximum Gasteiger partial charge on any atom is 0.260 e. The van der Waals surface area contributed by atoms with Crippen molar-refractivity contribution in [3.63, 3.8) is 0 Å².